The number of rotatable bonds is 4. The Kier molecular flexibility index (Phi) is 5.12. The topological polar surface area (TPSA) is 75.4 Å². The third kappa shape index (κ3) is 3.79. The van der Waals surface area contributed by atoms with E-state index in [1.165, 1.54) is 28.8 Å². The van der Waals surface area contributed by atoms with Crippen molar-refractivity contribution in [3.05, 3.63) is 30.1 Å². The van der Waals surface area contributed by atoms with Crippen molar-refractivity contribution in [3.63, 3.8) is 0 Å². The average molecular weight is 387 g/mol. The highest BCUT2D eigenvalue weighted by Crippen LogP contribution is 2.31. The fourth-order valence-corrected chi connectivity index (χ4v) is 4.09. The third-order valence-electron chi connectivity index (χ3n) is 4.16. The number of imidazole rings is 1. The highest BCUT2D eigenvalue weighted by atomic mass is 32.2. The maximum absolute atomic E-state index is 13.3. The molecule has 0 spiro atoms. The Morgan fingerprint density at radius 2 is 2.04 bits per heavy atom. The number of carbonyl (C=O) groups is 2. The Labute approximate surface area is 151 Å². The number of halogens is 3. The lowest BCUT2D eigenvalue weighted by Gasteiger charge is -2.35. The maximum atomic E-state index is 13.3. The van der Waals surface area contributed by atoms with Crippen LogP contribution < -0.4 is 0 Å². The van der Waals surface area contributed by atoms with Crippen LogP contribution >= 0.6 is 11.8 Å². The molecule has 1 aromatic heterocycles. The fraction of sp³-hybridized carbons (Fsp3) is 0.438. The maximum Gasteiger partial charge on any atom is 0.449 e. The van der Waals surface area contributed by atoms with E-state index in [1.807, 2.05) is 0 Å². The van der Waals surface area contributed by atoms with Gasteiger partial charge in [0, 0.05) is 18.1 Å². The molecular formula is C16H16F3N3O3S. The zero-order valence-electron chi connectivity index (χ0n) is 13.6. The van der Waals surface area contributed by atoms with Crippen LogP contribution in [0.1, 0.15) is 12.2 Å². The number of amides is 1. The molecule has 1 N–H and O–H groups in total. The summed E-state index contributed by atoms with van der Waals surface area (Å²) in [7, 11) is 0. The van der Waals surface area contributed by atoms with Crippen molar-refractivity contribution in [2.75, 3.05) is 18.1 Å². The summed E-state index contributed by atoms with van der Waals surface area (Å²) >= 11 is 1.53. The number of aromatic nitrogens is 2. The predicted molar refractivity (Wildman–Crippen MR) is 89.8 cm³/mol. The lowest BCUT2D eigenvalue weighted by molar-refractivity contribution is -0.148. The van der Waals surface area contributed by atoms with Crippen molar-refractivity contribution in [1.82, 2.24) is 14.5 Å². The number of carboxylic acids is 1. The molecule has 10 heteroatoms. The molecule has 140 valence electrons. The Balaban J connectivity index is 1.92. The highest BCUT2D eigenvalue weighted by molar-refractivity contribution is 7.99. The van der Waals surface area contributed by atoms with Gasteiger partial charge in [-0.3, -0.25) is 9.59 Å². The summed E-state index contributed by atoms with van der Waals surface area (Å²) < 4.78 is 40.9. The second kappa shape index (κ2) is 7.18. The standard InChI is InChI=1S/C16H16F3N3O3S/c17-16(18,19)15-20-11-3-1-2-4-12(11)22(15)8-13(23)21-5-6-26-9-10(21)7-14(24)25/h1-4,10H,5-9H2,(H,24,25). The summed E-state index contributed by atoms with van der Waals surface area (Å²) in [6.07, 6.45) is -4.92. The van der Waals surface area contributed by atoms with Crippen LogP contribution in [0.3, 0.4) is 0 Å². The van der Waals surface area contributed by atoms with Gasteiger partial charge in [0.2, 0.25) is 11.7 Å². The number of hydrogen-bond acceptors (Lipinski definition) is 4. The van der Waals surface area contributed by atoms with Crippen LogP contribution in [0.2, 0.25) is 0 Å². The quantitative estimate of drug-likeness (QED) is 0.872. The van der Waals surface area contributed by atoms with Crippen molar-refractivity contribution < 1.29 is 27.9 Å². The lowest BCUT2D eigenvalue weighted by atomic mass is 10.2. The monoisotopic (exact) mass is 387 g/mol. The molecule has 0 radical (unpaired) electrons. The predicted octanol–water partition coefficient (Wildman–Crippen LogP) is 2.47. The van der Waals surface area contributed by atoms with Crippen molar-refractivity contribution in [3.8, 4) is 0 Å². The Hall–Kier alpha value is -2.23. The van der Waals surface area contributed by atoms with Crippen LogP contribution in [0.25, 0.3) is 11.0 Å². The van der Waals surface area contributed by atoms with Crippen molar-refractivity contribution in [1.29, 1.82) is 0 Å². The highest BCUT2D eigenvalue weighted by Gasteiger charge is 2.39. The number of benzene rings is 1. The van der Waals surface area contributed by atoms with Crippen LogP contribution in [0.4, 0.5) is 13.2 Å². The molecule has 1 saturated heterocycles. The summed E-state index contributed by atoms with van der Waals surface area (Å²) in [5.74, 6) is -1.63. The minimum absolute atomic E-state index is 0.156. The van der Waals surface area contributed by atoms with E-state index in [4.69, 9.17) is 5.11 Å². The van der Waals surface area contributed by atoms with Gasteiger partial charge in [0.15, 0.2) is 0 Å². The van der Waals surface area contributed by atoms with E-state index < -0.39 is 36.5 Å². The number of carbonyl (C=O) groups excluding carboxylic acids is 1. The molecule has 2 heterocycles. The number of nitrogens with zero attached hydrogens (tertiary/aromatic N) is 3. The van der Waals surface area contributed by atoms with E-state index in [9.17, 15) is 22.8 Å². The Morgan fingerprint density at radius 1 is 1.31 bits per heavy atom. The largest absolute Gasteiger partial charge is 0.481 e. The second-order valence-electron chi connectivity index (χ2n) is 5.92. The van der Waals surface area contributed by atoms with E-state index >= 15 is 0 Å². The van der Waals surface area contributed by atoms with Crippen molar-refractivity contribution in [2.24, 2.45) is 0 Å². The first-order valence-corrected chi connectivity index (χ1v) is 9.04. The van der Waals surface area contributed by atoms with Gasteiger partial charge < -0.3 is 14.6 Å². The van der Waals surface area contributed by atoms with Gasteiger partial charge in [0.1, 0.15) is 6.54 Å². The molecule has 2 aromatic rings. The molecule has 3 rings (SSSR count). The number of alkyl halides is 3. The first kappa shape index (κ1) is 18.6. The molecule has 1 aromatic carbocycles. The molecule has 1 aliphatic rings. The SMILES string of the molecule is O=C(O)CC1CSCCN1C(=O)Cn1c(C(F)(F)F)nc2ccccc21. The summed E-state index contributed by atoms with van der Waals surface area (Å²) in [5.41, 5.74) is 0.373. The van der Waals surface area contributed by atoms with Crippen LogP contribution in [0.15, 0.2) is 24.3 Å². The van der Waals surface area contributed by atoms with Crippen molar-refractivity contribution in [2.45, 2.75) is 25.2 Å². The van der Waals surface area contributed by atoms with Crippen LogP contribution in [0, 0.1) is 0 Å². The van der Waals surface area contributed by atoms with Crippen LogP contribution in [-0.2, 0) is 22.3 Å². The van der Waals surface area contributed by atoms with Gasteiger partial charge in [0.25, 0.3) is 0 Å². The minimum atomic E-state index is -4.70. The number of aliphatic carboxylic acids is 1. The normalized spacial score (nSPS) is 18.3. The summed E-state index contributed by atoms with van der Waals surface area (Å²) in [6.45, 7) is -0.217. The van der Waals surface area contributed by atoms with Gasteiger partial charge in [-0.05, 0) is 12.1 Å². The second-order valence-corrected chi connectivity index (χ2v) is 7.07. The summed E-state index contributed by atoms with van der Waals surface area (Å²) in [6, 6.07) is 5.56. The van der Waals surface area contributed by atoms with E-state index in [0.29, 0.717) is 18.1 Å². The zero-order valence-corrected chi connectivity index (χ0v) is 14.4. The molecule has 1 atom stereocenters. The number of hydrogen-bond donors (Lipinski definition) is 1. The molecule has 6 nitrogen and oxygen atoms in total. The van der Waals surface area contributed by atoms with E-state index in [2.05, 4.69) is 4.98 Å². The van der Waals surface area contributed by atoms with E-state index in [0.717, 1.165) is 4.57 Å². The Bertz CT molecular complexity index is 837. The van der Waals surface area contributed by atoms with Gasteiger partial charge in [-0.1, -0.05) is 12.1 Å². The molecule has 1 amide bonds. The lowest BCUT2D eigenvalue weighted by Crippen LogP contribution is -2.48. The van der Waals surface area contributed by atoms with Crippen LogP contribution in [0.5, 0.6) is 0 Å². The number of thioether (sulfide) groups is 1. The molecule has 0 bridgehead atoms. The molecule has 1 unspecified atom stereocenters. The Morgan fingerprint density at radius 3 is 2.73 bits per heavy atom. The van der Waals surface area contributed by atoms with Gasteiger partial charge in [-0.25, -0.2) is 4.98 Å². The van der Waals surface area contributed by atoms with Crippen LogP contribution in [-0.4, -0.2) is 55.5 Å². The van der Waals surface area contributed by atoms with E-state index in [1.54, 1.807) is 12.1 Å². The molecule has 1 fully saturated rings. The van der Waals surface area contributed by atoms with Crippen molar-refractivity contribution >= 4 is 34.7 Å². The number of carboxylic acid groups (broad SMARTS) is 1. The first-order valence-electron chi connectivity index (χ1n) is 7.89. The van der Waals surface area contributed by atoms with Gasteiger partial charge in [-0.15, -0.1) is 0 Å². The molecular weight excluding hydrogens is 371 g/mol. The third-order valence-corrected chi connectivity index (χ3v) is 5.25. The average Bonchev–Trinajstić information content (AvgIpc) is 2.94. The first-order chi connectivity index (χ1) is 12.3. The smallest absolute Gasteiger partial charge is 0.449 e. The molecule has 0 aliphatic carbocycles. The fourth-order valence-electron chi connectivity index (χ4n) is 3.03. The van der Waals surface area contributed by atoms with Gasteiger partial charge >= 0.3 is 12.1 Å². The molecule has 26 heavy (non-hydrogen) atoms. The van der Waals surface area contributed by atoms with Gasteiger partial charge in [0.05, 0.1) is 23.5 Å². The summed E-state index contributed by atoms with van der Waals surface area (Å²) in [4.78, 5) is 28.7. The number of para-hydroxylation sites is 2. The van der Waals surface area contributed by atoms with E-state index in [-0.39, 0.29) is 17.5 Å². The zero-order chi connectivity index (χ0) is 18.9. The molecule has 0 saturated carbocycles. The minimum Gasteiger partial charge on any atom is -0.481 e. The number of fused-ring (bicyclic) bond motifs is 1. The van der Waals surface area contributed by atoms with Gasteiger partial charge in [-0.2, -0.15) is 24.9 Å². The molecule has 1 aliphatic heterocycles. The summed E-state index contributed by atoms with van der Waals surface area (Å²) in [5, 5.41) is 9.00.